The first kappa shape index (κ1) is 15.0. The Hall–Kier alpha value is -1.09. The van der Waals surface area contributed by atoms with E-state index >= 15 is 0 Å². The van der Waals surface area contributed by atoms with Gasteiger partial charge >= 0.3 is 0 Å². The fraction of sp³-hybridized carbons (Fsp3) is 0.600. The van der Waals surface area contributed by atoms with Crippen LogP contribution >= 0.6 is 0 Å². The average Bonchev–Trinajstić information content (AvgIpc) is 2.33. The summed E-state index contributed by atoms with van der Waals surface area (Å²) in [6.07, 6.45) is 2.24. The first-order valence-electron chi connectivity index (χ1n) is 6.74. The summed E-state index contributed by atoms with van der Waals surface area (Å²) >= 11 is 0. The van der Waals surface area contributed by atoms with E-state index in [-0.39, 0.29) is 17.6 Å². The van der Waals surface area contributed by atoms with Crippen molar-refractivity contribution in [2.24, 2.45) is 5.92 Å². The van der Waals surface area contributed by atoms with Crippen LogP contribution in [0.3, 0.4) is 0 Å². The average molecular weight is 253 g/mol. The summed E-state index contributed by atoms with van der Waals surface area (Å²) in [6.45, 7) is 8.45. The van der Waals surface area contributed by atoms with Crippen molar-refractivity contribution in [2.45, 2.75) is 52.6 Å². The molecule has 0 spiro atoms. The summed E-state index contributed by atoms with van der Waals surface area (Å²) in [4.78, 5) is 0. The number of phenolic OH excluding ortho intramolecular Hbond substituents is 1. The second-order valence-corrected chi connectivity index (χ2v) is 4.96. The normalized spacial score (nSPS) is 14.8. The number of hydrogen-bond acceptors (Lipinski definition) is 2. The lowest BCUT2D eigenvalue weighted by molar-refractivity contribution is 0.326. The van der Waals surface area contributed by atoms with Gasteiger partial charge < -0.3 is 10.4 Å². The Kier molecular flexibility index (Phi) is 5.60. The fourth-order valence-corrected chi connectivity index (χ4v) is 2.49. The second-order valence-electron chi connectivity index (χ2n) is 4.96. The van der Waals surface area contributed by atoms with Crippen molar-refractivity contribution >= 4 is 0 Å². The van der Waals surface area contributed by atoms with Gasteiger partial charge in [0, 0.05) is 17.6 Å². The summed E-state index contributed by atoms with van der Waals surface area (Å²) in [7, 11) is 0. The van der Waals surface area contributed by atoms with E-state index in [1.54, 1.807) is 0 Å². The third kappa shape index (κ3) is 3.70. The van der Waals surface area contributed by atoms with E-state index in [9.17, 15) is 9.50 Å². The van der Waals surface area contributed by atoms with Crippen LogP contribution in [0.5, 0.6) is 5.75 Å². The van der Waals surface area contributed by atoms with Gasteiger partial charge in [-0.2, -0.15) is 0 Å². The first-order chi connectivity index (χ1) is 8.49. The quantitative estimate of drug-likeness (QED) is 0.803. The summed E-state index contributed by atoms with van der Waals surface area (Å²) < 4.78 is 13.2. The van der Waals surface area contributed by atoms with Gasteiger partial charge in [0.1, 0.15) is 11.6 Å². The van der Waals surface area contributed by atoms with Gasteiger partial charge in [0.05, 0.1) is 0 Å². The Labute approximate surface area is 109 Å². The molecular formula is C15H24FNO. The van der Waals surface area contributed by atoms with Crippen LogP contribution in [-0.2, 0) is 0 Å². The lowest BCUT2D eigenvalue weighted by atomic mass is 9.94. The van der Waals surface area contributed by atoms with Crippen molar-refractivity contribution < 1.29 is 9.50 Å². The minimum absolute atomic E-state index is 0.0590. The Morgan fingerprint density at radius 3 is 2.39 bits per heavy atom. The molecule has 0 fully saturated rings. The van der Waals surface area contributed by atoms with Crippen molar-refractivity contribution in [2.75, 3.05) is 0 Å². The maximum absolute atomic E-state index is 13.2. The molecule has 2 atom stereocenters. The number of benzene rings is 1. The summed E-state index contributed by atoms with van der Waals surface area (Å²) in [5.41, 5.74) is 0.618. The maximum atomic E-state index is 13.2. The van der Waals surface area contributed by atoms with E-state index in [0.29, 0.717) is 17.5 Å². The van der Waals surface area contributed by atoms with Crippen LogP contribution in [0.15, 0.2) is 18.2 Å². The van der Waals surface area contributed by atoms with Crippen LogP contribution in [-0.4, -0.2) is 11.1 Å². The minimum Gasteiger partial charge on any atom is -0.508 e. The Bertz CT molecular complexity index is 377. The van der Waals surface area contributed by atoms with Crippen LogP contribution in [0.2, 0.25) is 0 Å². The molecule has 0 aliphatic carbocycles. The van der Waals surface area contributed by atoms with Gasteiger partial charge in [-0.05, 0) is 38.0 Å². The molecule has 0 aliphatic heterocycles. The molecule has 1 rings (SSSR count). The van der Waals surface area contributed by atoms with Gasteiger partial charge in [-0.1, -0.05) is 26.7 Å². The zero-order valence-electron chi connectivity index (χ0n) is 11.7. The first-order valence-corrected chi connectivity index (χ1v) is 6.74. The van der Waals surface area contributed by atoms with Crippen molar-refractivity contribution in [1.29, 1.82) is 0 Å². The molecule has 0 aliphatic rings. The molecule has 0 radical (unpaired) electrons. The van der Waals surface area contributed by atoms with Crippen molar-refractivity contribution in [3.05, 3.63) is 29.6 Å². The molecule has 0 heterocycles. The molecule has 1 aromatic rings. The number of aromatic hydroxyl groups is 1. The fourth-order valence-electron chi connectivity index (χ4n) is 2.49. The van der Waals surface area contributed by atoms with Gasteiger partial charge in [0.25, 0.3) is 0 Å². The third-order valence-corrected chi connectivity index (χ3v) is 3.72. The number of hydrogen-bond donors (Lipinski definition) is 2. The molecule has 0 aromatic heterocycles. The minimum atomic E-state index is -0.313. The summed E-state index contributed by atoms with van der Waals surface area (Å²) in [5.74, 6) is 0.433. The van der Waals surface area contributed by atoms with Gasteiger partial charge in [-0.3, -0.25) is 0 Å². The smallest absolute Gasteiger partial charge is 0.123 e. The Balaban J connectivity index is 2.75. The van der Waals surface area contributed by atoms with Crippen molar-refractivity contribution in [1.82, 2.24) is 5.32 Å². The highest BCUT2D eigenvalue weighted by Gasteiger charge is 2.18. The highest BCUT2D eigenvalue weighted by atomic mass is 19.1. The third-order valence-electron chi connectivity index (χ3n) is 3.72. The molecule has 0 saturated heterocycles. The van der Waals surface area contributed by atoms with E-state index in [1.165, 1.54) is 18.2 Å². The van der Waals surface area contributed by atoms with E-state index in [0.717, 1.165) is 12.8 Å². The second kappa shape index (κ2) is 6.74. The molecule has 2 nitrogen and oxygen atoms in total. The highest BCUT2D eigenvalue weighted by Crippen LogP contribution is 2.26. The van der Waals surface area contributed by atoms with E-state index in [2.05, 4.69) is 26.1 Å². The van der Waals surface area contributed by atoms with Crippen LogP contribution in [0, 0.1) is 11.7 Å². The van der Waals surface area contributed by atoms with Gasteiger partial charge in [-0.25, -0.2) is 4.39 Å². The van der Waals surface area contributed by atoms with Gasteiger partial charge in [0.2, 0.25) is 0 Å². The number of nitrogens with one attached hydrogen (secondary N) is 1. The summed E-state index contributed by atoms with van der Waals surface area (Å²) in [5, 5.41) is 13.2. The summed E-state index contributed by atoms with van der Waals surface area (Å²) in [6, 6.07) is 4.36. The highest BCUT2D eigenvalue weighted by molar-refractivity contribution is 5.34. The zero-order chi connectivity index (χ0) is 13.7. The molecule has 2 unspecified atom stereocenters. The molecular weight excluding hydrogens is 229 g/mol. The SMILES string of the molecule is CCC(CC)C(C)NC(C)c1cc(F)ccc1O. The van der Waals surface area contributed by atoms with E-state index in [1.807, 2.05) is 6.92 Å². The largest absolute Gasteiger partial charge is 0.508 e. The van der Waals surface area contributed by atoms with Gasteiger partial charge in [0.15, 0.2) is 0 Å². The predicted molar refractivity (Wildman–Crippen MR) is 73.1 cm³/mol. The Morgan fingerprint density at radius 1 is 1.22 bits per heavy atom. The maximum Gasteiger partial charge on any atom is 0.123 e. The van der Waals surface area contributed by atoms with Crippen molar-refractivity contribution in [3.63, 3.8) is 0 Å². The van der Waals surface area contributed by atoms with E-state index < -0.39 is 0 Å². The van der Waals surface area contributed by atoms with E-state index in [4.69, 9.17) is 0 Å². The van der Waals surface area contributed by atoms with Crippen molar-refractivity contribution in [3.8, 4) is 5.75 Å². The number of phenols is 1. The molecule has 0 bridgehead atoms. The molecule has 0 saturated carbocycles. The zero-order valence-corrected chi connectivity index (χ0v) is 11.7. The van der Waals surface area contributed by atoms with Crippen LogP contribution in [0.1, 0.15) is 52.1 Å². The molecule has 3 heteroatoms. The Morgan fingerprint density at radius 2 is 1.83 bits per heavy atom. The van der Waals surface area contributed by atoms with Crippen LogP contribution < -0.4 is 5.32 Å². The topological polar surface area (TPSA) is 32.3 Å². The predicted octanol–water partition coefficient (Wildman–Crippen LogP) is 4.01. The number of halogens is 1. The number of rotatable bonds is 6. The monoisotopic (exact) mass is 253 g/mol. The lowest BCUT2D eigenvalue weighted by Crippen LogP contribution is -2.35. The molecule has 18 heavy (non-hydrogen) atoms. The molecule has 1 aromatic carbocycles. The van der Waals surface area contributed by atoms with Crippen LogP contribution in [0.25, 0.3) is 0 Å². The van der Waals surface area contributed by atoms with Gasteiger partial charge in [-0.15, -0.1) is 0 Å². The lowest BCUT2D eigenvalue weighted by Gasteiger charge is -2.27. The van der Waals surface area contributed by atoms with Crippen LogP contribution in [0.4, 0.5) is 4.39 Å². The standard InChI is InChI=1S/C15H24FNO/c1-5-12(6-2)10(3)17-11(4)14-9-13(16)7-8-15(14)18/h7-12,17-18H,5-6H2,1-4H3. The molecule has 0 amide bonds. The molecule has 2 N–H and O–H groups in total. The molecule has 102 valence electrons.